The van der Waals surface area contributed by atoms with E-state index < -0.39 is 23.8 Å². The van der Waals surface area contributed by atoms with Crippen molar-refractivity contribution in [2.24, 2.45) is 0 Å². The van der Waals surface area contributed by atoms with Crippen molar-refractivity contribution in [2.75, 3.05) is 13.3 Å². The van der Waals surface area contributed by atoms with Gasteiger partial charge >= 0.3 is 5.97 Å². The van der Waals surface area contributed by atoms with Crippen molar-refractivity contribution >= 4 is 29.1 Å². The van der Waals surface area contributed by atoms with Crippen LogP contribution in [0.4, 0.5) is 0 Å². The molecule has 142 valence electrons. The summed E-state index contributed by atoms with van der Waals surface area (Å²) in [5, 5.41) is 14.8. The molecule has 3 rings (SSSR count). The van der Waals surface area contributed by atoms with Crippen molar-refractivity contribution in [1.29, 1.82) is 0 Å². The van der Waals surface area contributed by atoms with E-state index in [1.165, 1.54) is 0 Å². The van der Waals surface area contributed by atoms with Crippen LogP contribution in [0.1, 0.15) is 43.7 Å². The Hall–Kier alpha value is -3.14. The number of carboxylic acids is 1. The molecule has 0 aliphatic carbocycles. The Morgan fingerprint density at radius 2 is 2.04 bits per heavy atom. The van der Waals surface area contributed by atoms with Gasteiger partial charge in [-0.15, -0.1) is 11.3 Å². The number of carboxylic acid groups (broad SMARTS) is 1. The van der Waals surface area contributed by atoms with Crippen LogP contribution in [0.2, 0.25) is 0 Å². The lowest BCUT2D eigenvalue weighted by Crippen LogP contribution is -2.38. The van der Waals surface area contributed by atoms with Crippen molar-refractivity contribution in [2.45, 2.75) is 19.9 Å². The number of carbonyl (C=O) groups is 3. The van der Waals surface area contributed by atoms with Gasteiger partial charge in [0.2, 0.25) is 12.7 Å². The van der Waals surface area contributed by atoms with Crippen LogP contribution in [0.15, 0.2) is 18.2 Å². The molecular weight excluding hydrogens is 374 g/mol. The van der Waals surface area contributed by atoms with E-state index in [0.29, 0.717) is 27.8 Å². The number of benzene rings is 1. The second-order valence-electron chi connectivity index (χ2n) is 5.81. The molecule has 27 heavy (non-hydrogen) atoms. The lowest BCUT2D eigenvalue weighted by molar-refractivity contribution is -0.120. The Morgan fingerprint density at radius 1 is 1.30 bits per heavy atom. The number of hydrogen-bond donors (Lipinski definition) is 3. The summed E-state index contributed by atoms with van der Waals surface area (Å²) in [6.07, 6.45) is 0. The highest BCUT2D eigenvalue weighted by atomic mass is 32.1. The normalized spacial score (nSPS) is 13.1. The summed E-state index contributed by atoms with van der Waals surface area (Å²) in [5.74, 6) is -0.840. The van der Waals surface area contributed by atoms with Crippen LogP contribution in [-0.4, -0.2) is 41.2 Å². The number of carbonyl (C=O) groups excluding carboxylic acids is 2. The molecule has 3 N–H and O–H groups in total. The molecule has 1 atom stereocenters. The van der Waals surface area contributed by atoms with Crippen molar-refractivity contribution in [3.05, 3.63) is 39.3 Å². The fraction of sp³-hybridized carbons (Fsp3) is 0.294. The van der Waals surface area contributed by atoms with Gasteiger partial charge in [-0.1, -0.05) is 0 Å². The fourth-order valence-corrected chi connectivity index (χ4v) is 3.36. The summed E-state index contributed by atoms with van der Waals surface area (Å²) < 4.78 is 10.4. The fourth-order valence-electron chi connectivity index (χ4n) is 2.46. The van der Waals surface area contributed by atoms with Crippen LogP contribution in [0.25, 0.3) is 0 Å². The Balaban J connectivity index is 1.54. The van der Waals surface area contributed by atoms with Crippen LogP contribution < -0.4 is 20.1 Å². The number of rotatable bonds is 6. The van der Waals surface area contributed by atoms with Crippen LogP contribution >= 0.6 is 11.3 Å². The maximum absolute atomic E-state index is 12.2. The molecule has 1 aliphatic heterocycles. The molecule has 2 amide bonds. The second-order valence-corrected chi connectivity index (χ2v) is 6.84. The number of ether oxygens (including phenoxy) is 2. The highest BCUT2D eigenvalue weighted by Gasteiger charge is 2.20. The van der Waals surface area contributed by atoms with E-state index in [4.69, 9.17) is 14.6 Å². The summed E-state index contributed by atoms with van der Waals surface area (Å²) in [6.45, 7) is 3.18. The summed E-state index contributed by atoms with van der Waals surface area (Å²) in [4.78, 5) is 39.6. The largest absolute Gasteiger partial charge is 0.477 e. The highest BCUT2D eigenvalue weighted by molar-refractivity contribution is 7.13. The molecule has 2 aromatic rings. The molecule has 1 unspecified atom stereocenters. The smallest absolute Gasteiger partial charge is 0.347 e. The van der Waals surface area contributed by atoms with E-state index in [2.05, 4.69) is 15.6 Å². The molecule has 10 heteroatoms. The molecule has 0 saturated heterocycles. The molecule has 0 bridgehead atoms. The average molecular weight is 391 g/mol. The summed E-state index contributed by atoms with van der Waals surface area (Å²) in [7, 11) is 0. The third-order valence-electron chi connectivity index (χ3n) is 3.80. The number of aromatic nitrogens is 1. The Labute approximate surface area is 158 Å². The third-order valence-corrected chi connectivity index (χ3v) is 5.13. The number of aryl methyl sites for hydroxylation is 1. The van der Waals surface area contributed by atoms with E-state index in [1.54, 1.807) is 32.0 Å². The zero-order valence-corrected chi connectivity index (χ0v) is 15.4. The molecule has 1 aromatic heterocycles. The molecule has 9 nitrogen and oxygen atoms in total. The predicted molar refractivity (Wildman–Crippen MR) is 95.3 cm³/mol. The van der Waals surface area contributed by atoms with E-state index in [-0.39, 0.29) is 18.2 Å². The first-order valence-corrected chi connectivity index (χ1v) is 8.84. The second kappa shape index (κ2) is 7.62. The number of thiazole rings is 1. The average Bonchev–Trinajstić information content (AvgIpc) is 3.25. The van der Waals surface area contributed by atoms with E-state index in [9.17, 15) is 14.4 Å². The van der Waals surface area contributed by atoms with Gasteiger partial charge in [-0.05, 0) is 32.0 Å². The minimum Gasteiger partial charge on any atom is -0.477 e. The van der Waals surface area contributed by atoms with Gasteiger partial charge in [0.1, 0.15) is 9.88 Å². The number of fused-ring (bicyclic) bond motifs is 1. The van der Waals surface area contributed by atoms with Crippen LogP contribution in [0.5, 0.6) is 11.5 Å². The zero-order valence-electron chi connectivity index (χ0n) is 14.6. The van der Waals surface area contributed by atoms with Gasteiger partial charge in [0.15, 0.2) is 11.5 Å². The number of hydrogen-bond acceptors (Lipinski definition) is 7. The maximum atomic E-state index is 12.2. The molecule has 0 spiro atoms. The van der Waals surface area contributed by atoms with Crippen LogP contribution in [-0.2, 0) is 4.79 Å². The van der Waals surface area contributed by atoms with Crippen molar-refractivity contribution in [3.8, 4) is 11.5 Å². The van der Waals surface area contributed by atoms with Gasteiger partial charge in [0.05, 0.1) is 18.3 Å². The Bertz CT molecular complexity index is 910. The quantitative estimate of drug-likeness (QED) is 0.681. The lowest BCUT2D eigenvalue weighted by atomic mass is 10.2. The first-order valence-electron chi connectivity index (χ1n) is 8.03. The molecule has 0 saturated carbocycles. The molecule has 1 aliphatic rings. The van der Waals surface area contributed by atoms with Gasteiger partial charge in [0, 0.05) is 5.56 Å². The SMILES string of the molecule is Cc1nc(C(C)NC(=O)CNC(=O)c2ccc3c(c2)OCO3)sc1C(=O)O. The topological polar surface area (TPSA) is 127 Å². The summed E-state index contributed by atoms with van der Waals surface area (Å²) in [5.41, 5.74) is 0.751. The number of nitrogens with zero attached hydrogens (tertiary/aromatic N) is 1. The van der Waals surface area contributed by atoms with E-state index in [1.807, 2.05) is 0 Å². The molecule has 1 aromatic carbocycles. The molecule has 0 radical (unpaired) electrons. The number of aromatic carboxylic acids is 1. The maximum Gasteiger partial charge on any atom is 0.347 e. The minimum absolute atomic E-state index is 0.112. The van der Waals surface area contributed by atoms with Gasteiger partial charge in [-0.25, -0.2) is 9.78 Å². The third kappa shape index (κ3) is 4.17. The molecule has 2 heterocycles. The zero-order chi connectivity index (χ0) is 19.6. The molecule has 0 fully saturated rings. The Morgan fingerprint density at radius 3 is 2.74 bits per heavy atom. The summed E-state index contributed by atoms with van der Waals surface area (Å²) >= 11 is 1.01. The first kappa shape index (κ1) is 18.6. The predicted octanol–water partition coefficient (Wildman–Crippen LogP) is 1.49. The van der Waals surface area contributed by atoms with Gasteiger partial charge in [0.25, 0.3) is 5.91 Å². The van der Waals surface area contributed by atoms with Gasteiger partial charge in [-0.3, -0.25) is 9.59 Å². The standard InChI is InChI=1S/C17H17N3O6S/c1-8-14(17(23)24)27-16(20-8)9(2)19-13(21)6-18-15(22)10-3-4-11-12(5-10)26-7-25-11/h3-5,9H,6-7H2,1-2H3,(H,18,22)(H,19,21)(H,23,24). The van der Waals surface area contributed by atoms with Gasteiger partial charge < -0.3 is 25.2 Å². The van der Waals surface area contributed by atoms with Crippen LogP contribution in [0.3, 0.4) is 0 Å². The Kier molecular flexibility index (Phi) is 5.26. The number of amides is 2. The van der Waals surface area contributed by atoms with Crippen LogP contribution in [0, 0.1) is 6.92 Å². The van der Waals surface area contributed by atoms with Crippen molar-refractivity contribution in [3.63, 3.8) is 0 Å². The number of nitrogens with one attached hydrogen (secondary N) is 2. The van der Waals surface area contributed by atoms with E-state index >= 15 is 0 Å². The van der Waals surface area contributed by atoms with Gasteiger partial charge in [-0.2, -0.15) is 0 Å². The van der Waals surface area contributed by atoms with Crippen molar-refractivity contribution in [1.82, 2.24) is 15.6 Å². The first-order chi connectivity index (χ1) is 12.8. The monoisotopic (exact) mass is 391 g/mol. The van der Waals surface area contributed by atoms with E-state index in [0.717, 1.165) is 11.3 Å². The molecular formula is C17H17N3O6S. The lowest BCUT2D eigenvalue weighted by Gasteiger charge is -2.12. The minimum atomic E-state index is -1.05. The summed E-state index contributed by atoms with van der Waals surface area (Å²) in [6, 6.07) is 4.28. The van der Waals surface area contributed by atoms with Crippen molar-refractivity contribution < 1.29 is 29.0 Å². The highest BCUT2D eigenvalue weighted by Crippen LogP contribution is 2.32.